The average Bonchev–Trinajstić information content (AvgIpc) is 2.64. The van der Waals surface area contributed by atoms with Gasteiger partial charge in [0.15, 0.2) is 11.5 Å². The minimum Gasteiger partial charge on any atom is -0.493 e. The first-order valence-corrected chi connectivity index (χ1v) is 7.27. The van der Waals surface area contributed by atoms with E-state index in [0.29, 0.717) is 17.2 Å². The third kappa shape index (κ3) is 3.84. The van der Waals surface area contributed by atoms with Crippen molar-refractivity contribution in [1.29, 1.82) is 0 Å². The van der Waals surface area contributed by atoms with Crippen molar-refractivity contribution >= 4 is 11.7 Å². The van der Waals surface area contributed by atoms with Crippen LogP contribution in [0.15, 0.2) is 42.5 Å². The zero-order chi connectivity index (χ0) is 17.5. The van der Waals surface area contributed by atoms with Gasteiger partial charge in [0.05, 0.1) is 21.3 Å². The van der Waals surface area contributed by atoms with Crippen LogP contribution in [-0.2, 0) is 11.3 Å². The zero-order valence-corrected chi connectivity index (χ0v) is 13.8. The van der Waals surface area contributed by atoms with E-state index in [-0.39, 0.29) is 12.1 Å². The van der Waals surface area contributed by atoms with Crippen LogP contribution in [0.25, 0.3) is 0 Å². The summed E-state index contributed by atoms with van der Waals surface area (Å²) < 4.78 is 15.6. The third-order valence-corrected chi connectivity index (χ3v) is 3.43. The molecule has 0 bridgehead atoms. The number of nitrogens with one attached hydrogen (secondary N) is 1. The Balaban J connectivity index is 2.17. The Kier molecular flexibility index (Phi) is 5.78. The van der Waals surface area contributed by atoms with E-state index in [4.69, 9.17) is 14.2 Å². The molecule has 0 fully saturated rings. The Bertz CT molecular complexity index is 702. The Morgan fingerprint density at radius 3 is 2.00 bits per heavy atom. The second kappa shape index (κ2) is 8.01. The molecule has 24 heavy (non-hydrogen) atoms. The molecule has 0 heterocycles. The van der Waals surface area contributed by atoms with Gasteiger partial charge in [-0.2, -0.15) is 0 Å². The number of rotatable bonds is 7. The molecule has 0 aliphatic carbocycles. The predicted octanol–water partition coefficient (Wildman–Crippen LogP) is 2.21. The van der Waals surface area contributed by atoms with Crippen molar-refractivity contribution in [2.45, 2.75) is 6.54 Å². The summed E-state index contributed by atoms with van der Waals surface area (Å²) in [4.78, 5) is 24.4. The predicted molar refractivity (Wildman–Crippen MR) is 88.7 cm³/mol. The first-order chi connectivity index (χ1) is 11.6. The van der Waals surface area contributed by atoms with Gasteiger partial charge in [0.25, 0.3) is 5.91 Å². The lowest BCUT2D eigenvalue weighted by Gasteiger charge is -2.13. The highest BCUT2D eigenvalue weighted by Crippen LogP contribution is 2.38. The van der Waals surface area contributed by atoms with Crippen LogP contribution in [0.3, 0.4) is 0 Å². The molecule has 2 aromatic rings. The molecule has 0 aliphatic rings. The van der Waals surface area contributed by atoms with Gasteiger partial charge in [-0.15, -0.1) is 0 Å². The SMILES string of the molecule is COc1cc([13C](=O)[13C](=O)NCc2ccccc2)cc(OC)c1OC. The fraction of sp³-hybridized carbons (Fsp3) is 0.222. The largest absolute Gasteiger partial charge is 0.493 e. The molecule has 0 saturated carbocycles. The molecule has 2 rings (SSSR count). The van der Waals surface area contributed by atoms with E-state index >= 15 is 0 Å². The van der Waals surface area contributed by atoms with Crippen molar-refractivity contribution in [2.24, 2.45) is 0 Å². The van der Waals surface area contributed by atoms with Crippen LogP contribution in [-0.4, -0.2) is 33.0 Å². The lowest BCUT2D eigenvalue weighted by atomic mass is 10.2. The highest BCUT2D eigenvalue weighted by Gasteiger charge is 2.21. The van der Waals surface area contributed by atoms with Crippen LogP contribution in [0.5, 0.6) is 17.2 Å². The van der Waals surface area contributed by atoms with E-state index in [1.165, 1.54) is 33.5 Å². The van der Waals surface area contributed by atoms with Crippen LogP contribution < -0.4 is 19.5 Å². The van der Waals surface area contributed by atoms with Gasteiger partial charge in [-0.1, -0.05) is 30.3 Å². The number of Topliss-reactive ketones (excluding diaryl/α,β-unsaturated/α-hetero) is 1. The summed E-state index contributed by atoms with van der Waals surface area (Å²) in [5.74, 6) is -0.383. The number of benzene rings is 2. The first-order valence-electron chi connectivity index (χ1n) is 7.27. The van der Waals surface area contributed by atoms with E-state index in [2.05, 4.69) is 5.32 Å². The topological polar surface area (TPSA) is 73.9 Å². The Hall–Kier alpha value is -3.02. The molecule has 6 nitrogen and oxygen atoms in total. The lowest BCUT2D eigenvalue weighted by molar-refractivity contribution is -0.117. The molecule has 2 aromatic carbocycles. The lowest BCUT2D eigenvalue weighted by Crippen LogP contribution is -2.30. The summed E-state index contributed by atoms with van der Waals surface area (Å²) >= 11 is 0. The second-order valence-electron chi connectivity index (χ2n) is 4.91. The Morgan fingerprint density at radius 2 is 1.50 bits per heavy atom. The Labute approximate surface area is 140 Å². The maximum absolute atomic E-state index is 12.3. The number of ketones is 1. The Morgan fingerprint density at radius 1 is 0.917 bits per heavy atom. The van der Waals surface area contributed by atoms with Crippen molar-refractivity contribution in [3.05, 3.63) is 53.6 Å². The molecule has 0 spiro atoms. The van der Waals surface area contributed by atoms with Gasteiger partial charge in [-0.3, -0.25) is 9.59 Å². The molecule has 0 aliphatic heterocycles. The molecule has 1 amide bonds. The maximum Gasteiger partial charge on any atom is 0.292 e. The molecule has 0 aromatic heterocycles. The van der Waals surface area contributed by atoms with Gasteiger partial charge in [0.1, 0.15) is 0 Å². The molecule has 126 valence electrons. The number of ether oxygens (including phenoxy) is 3. The fourth-order valence-electron chi connectivity index (χ4n) is 2.20. The number of methoxy groups -OCH3 is 3. The molecule has 1 N–H and O–H groups in total. The third-order valence-electron chi connectivity index (χ3n) is 3.43. The van der Waals surface area contributed by atoms with Crippen LogP contribution in [0.1, 0.15) is 15.9 Å². The van der Waals surface area contributed by atoms with E-state index in [1.807, 2.05) is 30.3 Å². The quantitative estimate of drug-likeness (QED) is 0.478. The van der Waals surface area contributed by atoms with E-state index in [9.17, 15) is 9.59 Å². The first kappa shape index (κ1) is 17.3. The molecular formula is C18H19NO5. The minimum absolute atomic E-state index is 0.162. The molecule has 0 unspecified atom stereocenters. The number of carbonyl (C=O) groups excluding carboxylic acids is 2. The van der Waals surface area contributed by atoms with Gasteiger partial charge < -0.3 is 19.5 Å². The summed E-state index contributed by atoms with van der Waals surface area (Å²) in [6.07, 6.45) is 0. The van der Waals surface area contributed by atoms with Crippen molar-refractivity contribution in [3.8, 4) is 17.2 Å². The van der Waals surface area contributed by atoms with Crippen molar-refractivity contribution in [1.82, 2.24) is 5.32 Å². The van der Waals surface area contributed by atoms with E-state index < -0.39 is 11.7 Å². The maximum atomic E-state index is 12.3. The van der Waals surface area contributed by atoms with Crippen molar-refractivity contribution < 1.29 is 23.8 Å². The number of amides is 1. The average molecular weight is 331 g/mol. The van der Waals surface area contributed by atoms with Crippen LogP contribution in [0.2, 0.25) is 0 Å². The van der Waals surface area contributed by atoms with Gasteiger partial charge in [-0.05, 0) is 17.7 Å². The summed E-state index contributed by atoms with van der Waals surface area (Å²) in [5.41, 5.74) is 1.07. The highest BCUT2D eigenvalue weighted by atomic mass is 16.5. The van der Waals surface area contributed by atoms with Crippen molar-refractivity contribution in [3.63, 3.8) is 0 Å². The smallest absolute Gasteiger partial charge is 0.292 e. The molecule has 0 saturated heterocycles. The number of hydrogen-bond donors (Lipinski definition) is 1. The molecule has 0 atom stereocenters. The standard InChI is InChI=1S/C18H19NO5/c1-22-14-9-13(10-15(23-2)17(14)24-3)16(20)18(21)19-11-12-7-5-4-6-8-12/h4-10H,11H2,1-3H3,(H,19,21)/i16+1,18+1. The monoisotopic (exact) mass is 331 g/mol. The molecular weight excluding hydrogens is 312 g/mol. The van der Waals surface area contributed by atoms with Crippen LogP contribution in [0, 0.1) is 0 Å². The summed E-state index contributed by atoms with van der Waals surface area (Å²) in [6, 6.07) is 12.2. The van der Waals surface area contributed by atoms with Gasteiger partial charge >= 0.3 is 0 Å². The zero-order valence-electron chi connectivity index (χ0n) is 13.8. The second-order valence-corrected chi connectivity index (χ2v) is 4.91. The van der Waals surface area contributed by atoms with Crippen molar-refractivity contribution in [2.75, 3.05) is 21.3 Å². The normalized spacial score (nSPS) is 9.96. The fourth-order valence-corrected chi connectivity index (χ4v) is 2.20. The minimum atomic E-state index is -0.701. The molecule has 0 radical (unpaired) electrons. The van der Waals surface area contributed by atoms with Crippen LogP contribution >= 0.6 is 0 Å². The van der Waals surface area contributed by atoms with Gasteiger partial charge in [-0.25, -0.2) is 0 Å². The number of hydrogen-bond acceptors (Lipinski definition) is 5. The molecule has 6 heteroatoms. The highest BCUT2D eigenvalue weighted by molar-refractivity contribution is 6.42. The van der Waals surface area contributed by atoms with E-state index in [0.717, 1.165) is 5.56 Å². The summed E-state index contributed by atoms with van der Waals surface area (Å²) in [6.45, 7) is 0.274. The van der Waals surface area contributed by atoms with E-state index in [1.54, 1.807) is 0 Å². The van der Waals surface area contributed by atoms with Gasteiger partial charge in [0, 0.05) is 12.1 Å². The van der Waals surface area contributed by atoms with Gasteiger partial charge in [0.2, 0.25) is 11.5 Å². The number of carbonyl (C=O) groups is 2. The summed E-state index contributed by atoms with van der Waals surface area (Å²) in [5, 5.41) is 2.60. The van der Waals surface area contributed by atoms with Crippen LogP contribution in [0.4, 0.5) is 0 Å². The summed E-state index contributed by atoms with van der Waals surface area (Å²) in [7, 11) is 4.36.